The monoisotopic (exact) mass is 278 g/mol. The van der Waals surface area contributed by atoms with E-state index in [1.54, 1.807) is 0 Å². The molecule has 0 saturated heterocycles. The maximum absolute atomic E-state index is 6.18. The topological polar surface area (TPSA) is 47.1 Å². The summed E-state index contributed by atoms with van der Waals surface area (Å²) in [7, 11) is 1.98. The predicted molar refractivity (Wildman–Crippen MR) is 83.6 cm³/mol. The van der Waals surface area contributed by atoms with Crippen LogP contribution < -0.4 is 5.73 Å². The maximum Gasteiger partial charge on any atom is 0.0522 e. The van der Waals surface area contributed by atoms with Crippen LogP contribution in [0.5, 0.6) is 0 Å². The summed E-state index contributed by atoms with van der Waals surface area (Å²) in [6.45, 7) is 5.35. The summed E-state index contributed by atoms with van der Waals surface area (Å²) in [6, 6.07) is 0. The highest BCUT2D eigenvalue weighted by Gasteiger charge is 2.35. The summed E-state index contributed by atoms with van der Waals surface area (Å²) < 4.78 is 1.89. The summed E-state index contributed by atoms with van der Waals surface area (Å²) >= 11 is 0. The molecular weight excluding hydrogens is 248 g/mol. The second-order valence-electron chi connectivity index (χ2n) is 6.25. The number of aromatic nitrogens is 2. The van der Waals surface area contributed by atoms with E-state index >= 15 is 0 Å². The first-order chi connectivity index (χ1) is 9.70. The van der Waals surface area contributed by atoms with Gasteiger partial charge in [-0.2, -0.15) is 5.10 Å². The van der Waals surface area contributed by atoms with Crippen LogP contribution in [0.2, 0.25) is 0 Å². The van der Waals surface area contributed by atoms with Crippen molar-refractivity contribution in [2.24, 2.45) is 12.8 Å². The van der Waals surface area contributed by atoms with Gasteiger partial charge in [0.25, 0.3) is 0 Å². The molecule has 2 rings (SSSR count). The Kier molecular flexibility index (Phi) is 5.61. The number of nitrogens with two attached hydrogens (primary N) is 1. The van der Waals surface area contributed by atoms with Crippen LogP contribution >= 0.6 is 0 Å². The Balaban J connectivity index is 2.00. The van der Waals surface area contributed by atoms with Gasteiger partial charge < -0.3 is 5.73 Å². The maximum atomic E-state index is 6.18. The van der Waals surface area contributed by atoms with Gasteiger partial charge in [-0.3, -0.25) is 9.58 Å². The summed E-state index contributed by atoms with van der Waals surface area (Å²) in [6.07, 6.45) is 13.0. The lowest BCUT2D eigenvalue weighted by Gasteiger charge is -2.46. The molecule has 1 aliphatic carbocycles. The normalized spacial score (nSPS) is 18.6. The molecule has 1 aliphatic rings. The minimum Gasteiger partial charge on any atom is -0.329 e. The van der Waals surface area contributed by atoms with Gasteiger partial charge in [-0.25, -0.2) is 0 Å². The van der Waals surface area contributed by atoms with Crippen molar-refractivity contribution in [3.05, 3.63) is 18.0 Å². The molecule has 0 aliphatic heterocycles. The van der Waals surface area contributed by atoms with E-state index in [0.29, 0.717) is 0 Å². The molecule has 1 heterocycles. The van der Waals surface area contributed by atoms with E-state index in [1.165, 1.54) is 44.1 Å². The molecule has 1 saturated carbocycles. The lowest BCUT2D eigenvalue weighted by atomic mass is 9.80. The third kappa shape index (κ3) is 3.61. The third-order valence-corrected chi connectivity index (χ3v) is 4.76. The van der Waals surface area contributed by atoms with E-state index in [0.717, 1.165) is 26.1 Å². The molecule has 0 bridgehead atoms. The highest BCUT2D eigenvalue weighted by molar-refractivity contribution is 5.05. The second kappa shape index (κ2) is 7.23. The zero-order valence-electron chi connectivity index (χ0n) is 13.1. The van der Waals surface area contributed by atoms with Gasteiger partial charge in [0.05, 0.1) is 6.20 Å². The van der Waals surface area contributed by atoms with Crippen molar-refractivity contribution in [1.29, 1.82) is 0 Å². The fourth-order valence-corrected chi connectivity index (χ4v) is 3.58. The van der Waals surface area contributed by atoms with Gasteiger partial charge in [0.15, 0.2) is 0 Å². The van der Waals surface area contributed by atoms with Gasteiger partial charge in [-0.1, -0.05) is 26.2 Å². The zero-order valence-corrected chi connectivity index (χ0v) is 13.1. The minimum absolute atomic E-state index is 0.260. The first-order valence-corrected chi connectivity index (χ1v) is 8.13. The van der Waals surface area contributed by atoms with E-state index in [1.807, 2.05) is 17.9 Å². The standard InChI is InChI=1S/C16H30N4/c1-3-10-20(11-7-15-12-18-19(2)13-15)16(14-17)8-5-4-6-9-16/h12-13H,3-11,14,17H2,1-2H3. The van der Waals surface area contributed by atoms with E-state index in [2.05, 4.69) is 23.1 Å². The Labute approximate surface area is 123 Å². The Bertz CT molecular complexity index is 393. The number of aryl methyl sites for hydroxylation is 1. The van der Waals surface area contributed by atoms with Crippen molar-refractivity contribution in [2.45, 2.75) is 57.4 Å². The van der Waals surface area contributed by atoms with Crippen molar-refractivity contribution in [1.82, 2.24) is 14.7 Å². The van der Waals surface area contributed by atoms with Crippen LogP contribution in [0.25, 0.3) is 0 Å². The Morgan fingerprint density at radius 2 is 2.05 bits per heavy atom. The van der Waals surface area contributed by atoms with Crippen LogP contribution in [0.3, 0.4) is 0 Å². The molecule has 1 fully saturated rings. The fraction of sp³-hybridized carbons (Fsp3) is 0.812. The Morgan fingerprint density at radius 1 is 1.30 bits per heavy atom. The van der Waals surface area contributed by atoms with Crippen molar-refractivity contribution in [3.63, 3.8) is 0 Å². The molecule has 2 N–H and O–H groups in total. The lowest BCUT2D eigenvalue weighted by molar-refractivity contribution is 0.0577. The largest absolute Gasteiger partial charge is 0.329 e. The van der Waals surface area contributed by atoms with Crippen LogP contribution in [0, 0.1) is 0 Å². The van der Waals surface area contributed by atoms with Gasteiger partial charge >= 0.3 is 0 Å². The highest BCUT2D eigenvalue weighted by Crippen LogP contribution is 2.33. The highest BCUT2D eigenvalue weighted by atomic mass is 15.2. The zero-order chi connectivity index (χ0) is 14.4. The molecule has 4 heteroatoms. The van der Waals surface area contributed by atoms with Crippen molar-refractivity contribution in [2.75, 3.05) is 19.6 Å². The average molecular weight is 278 g/mol. The first kappa shape index (κ1) is 15.5. The molecule has 0 atom stereocenters. The van der Waals surface area contributed by atoms with Crippen molar-refractivity contribution < 1.29 is 0 Å². The van der Waals surface area contributed by atoms with Crippen LogP contribution in [0.1, 0.15) is 51.0 Å². The molecule has 114 valence electrons. The molecule has 0 aromatic carbocycles. The van der Waals surface area contributed by atoms with Gasteiger partial charge in [-0.05, 0) is 37.8 Å². The number of hydrogen-bond donors (Lipinski definition) is 1. The molecule has 0 amide bonds. The van der Waals surface area contributed by atoms with Gasteiger partial charge in [0, 0.05) is 31.9 Å². The van der Waals surface area contributed by atoms with E-state index in [9.17, 15) is 0 Å². The van der Waals surface area contributed by atoms with Crippen LogP contribution in [0.15, 0.2) is 12.4 Å². The summed E-state index contributed by atoms with van der Waals surface area (Å²) in [5.41, 5.74) is 7.77. The smallest absolute Gasteiger partial charge is 0.0522 e. The molecule has 20 heavy (non-hydrogen) atoms. The molecule has 1 aromatic heterocycles. The van der Waals surface area contributed by atoms with Crippen LogP contribution in [-0.4, -0.2) is 39.9 Å². The van der Waals surface area contributed by atoms with E-state index in [-0.39, 0.29) is 5.54 Å². The Morgan fingerprint density at radius 3 is 2.60 bits per heavy atom. The lowest BCUT2D eigenvalue weighted by Crippen LogP contribution is -2.55. The molecule has 0 unspecified atom stereocenters. The van der Waals surface area contributed by atoms with E-state index in [4.69, 9.17) is 5.73 Å². The minimum atomic E-state index is 0.260. The molecule has 0 radical (unpaired) electrons. The van der Waals surface area contributed by atoms with Gasteiger partial charge in [-0.15, -0.1) is 0 Å². The SMILES string of the molecule is CCCN(CCc1cnn(C)c1)C1(CN)CCCCC1. The summed E-state index contributed by atoms with van der Waals surface area (Å²) in [5.74, 6) is 0. The predicted octanol–water partition coefficient (Wildman–Crippen LogP) is 2.34. The van der Waals surface area contributed by atoms with Gasteiger partial charge in [0.1, 0.15) is 0 Å². The fourth-order valence-electron chi connectivity index (χ4n) is 3.58. The quantitative estimate of drug-likeness (QED) is 0.833. The summed E-state index contributed by atoms with van der Waals surface area (Å²) in [5, 5.41) is 4.26. The Hall–Kier alpha value is -0.870. The van der Waals surface area contributed by atoms with Gasteiger partial charge in [0.2, 0.25) is 0 Å². The number of nitrogens with zero attached hydrogens (tertiary/aromatic N) is 3. The molecular formula is C16H30N4. The van der Waals surface area contributed by atoms with E-state index < -0.39 is 0 Å². The number of rotatable bonds is 7. The first-order valence-electron chi connectivity index (χ1n) is 8.13. The second-order valence-corrected chi connectivity index (χ2v) is 6.25. The van der Waals surface area contributed by atoms with Crippen molar-refractivity contribution >= 4 is 0 Å². The van der Waals surface area contributed by atoms with Crippen LogP contribution in [0.4, 0.5) is 0 Å². The average Bonchev–Trinajstić information content (AvgIpc) is 2.90. The number of hydrogen-bond acceptors (Lipinski definition) is 3. The third-order valence-electron chi connectivity index (χ3n) is 4.76. The molecule has 0 spiro atoms. The van der Waals surface area contributed by atoms with Crippen LogP contribution in [-0.2, 0) is 13.5 Å². The molecule has 1 aromatic rings. The summed E-state index contributed by atoms with van der Waals surface area (Å²) in [4.78, 5) is 2.67. The van der Waals surface area contributed by atoms with Crippen molar-refractivity contribution in [3.8, 4) is 0 Å². The molecule has 4 nitrogen and oxygen atoms in total.